The molecule has 3 N–H and O–H groups in total. The topological polar surface area (TPSA) is 74.0 Å². The highest BCUT2D eigenvalue weighted by atomic mass is 127. The van der Waals surface area contributed by atoms with Crippen molar-refractivity contribution >= 4 is 35.8 Å². The summed E-state index contributed by atoms with van der Waals surface area (Å²) in [7, 11) is 2.20. The zero-order chi connectivity index (χ0) is 16.8. The van der Waals surface area contributed by atoms with Crippen LogP contribution in [0.25, 0.3) is 0 Å². The van der Waals surface area contributed by atoms with Gasteiger partial charge in [-0.15, -0.1) is 24.0 Å². The van der Waals surface area contributed by atoms with Gasteiger partial charge >= 0.3 is 0 Å². The summed E-state index contributed by atoms with van der Waals surface area (Å²) in [5.74, 6) is 1.15. The summed E-state index contributed by atoms with van der Waals surface area (Å²) < 4.78 is 0. The average Bonchev–Trinajstić information content (AvgIpc) is 3.34. The molecule has 0 bridgehead atoms. The van der Waals surface area contributed by atoms with Crippen molar-refractivity contribution in [3.63, 3.8) is 0 Å². The van der Waals surface area contributed by atoms with Crippen molar-refractivity contribution < 1.29 is 4.79 Å². The third kappa shape index (κ3) is 6.74. The van der Waals surface area contributed by atoms with Crippen LogP contribution >= 0.6 is 24.0 Å². The normalized spacial score (nSPS) is 22.9. The van der Waals surface area contributed by atoms with Gasteiger partial charge in [0.25, 0.3) is 0 Å². The third-order valence-electron chi connectivity index (χ3n) is 4.97. The van der Waals surface area contributed by atoms with Crippen molar-refractivity contribution in [2.45, 2.75) is 58.0 Å². The minimum Gasteiger partial charge on any atom is -0.370 e. The Morgan fingerprint density at radius 3 is 2.71 bits per heavy atom. The molecule has 0 spiro atoms. The maximum absolute atomic E-state index is 11.2. The fourth-order valence-electron chi connectivity index (χ4n) is 3.32. The van der Waals surface area contributed by atoms with Crippen molar-refractivity contribution in [1.82, 2.24) is 15.1 Å². The molecule has 7 heteroatoms. The lowest BCUT2D eigenvalue weighted by Gasteiger charge is -2.35. The van der Waals surface area contributed by atoms with E-state index < -0.39 is 0 Å². The van der Waals surface area contributed by atoms with Crippen LogP contribution in [0.4, 0.5) is 0 Å². The van der Waals surface area contributed by atoms with Gasteiger partial charge in [0, 0.05) is 38.1 Å². The molecule has 1 amide bonds. The molecule has 0 aromatic heterocycles. The highest BCUT2D eigenvalue weighted by Gasteiger charge is 2.29. The quantitative estimate of drug-likeness (QED) is 0.351. The number of nitrogens with one attached hydrogen (secondary N) is 1. The third-order valence-corrected chi connectivity index (χ3v) is 4.97. The Morgan fingerprint density at radius 2 is 2.12 bits per heavy atom. The SMILES string of the molecule is CCNC(=NCC(C)N(C)C1CC1)N1CCCC(CC(N)=O)C1.I. The zero-order valence-corrected chi connectivity index (χ0v) is 17.7. The van der Waals surface area contributed by atoms with E-state index in [4.69, 9.17) is 10.7 Å². The summed E-state index contributed by atoms with van der Waals surface area (Å²) in [4.78, 5) is 20.8. The largest absolute Gasteiger partial charge is 0.370 e. The molecule has 1 saturated carbocycles. The first-order chi connectivity index (χ1) is 11.0. The van der Waals surface area contributed by atoms with Crippen molar-refractivity contribution in [1.29, 1.82) is 0 Å². The van der Waals surface area contributed by atoms with Crippen molar-refractivity contribution in [2.75, 3.05) is 33.2 Å². The molecule has 1 heterocycles. The molecule has 0 aromatic carbocycles. The highest BCUT2D eigenvalue weighted by Crippen LogP contribution is 2.27. The highest BCUT2D eigenvalue weighted by molar-refractivity contribution is 14.0. The molecule has 2 aliphatic rings. The van der Waals surface area contributed by atoms with Gasteiger partial charge in [-0.05, 0) is 52.5 Å². The number of hydrogen-bond donors (Lipinski definition) is 2. The fourth-order valence-corrected chi connectivity index (χ4v) is 3.32. The van der Waals surface area contributed by atoms with Crippen LogP contribution in [0.3, 0.4) is 0 Å². The van der Waals surface area contributed by atoms with Crippen LogP contribution in [0.15, 0.2) is 4.99 Å². The second-order valence-electron chi connectivity index (χ2n) is 7.06. The van der Waals surface area contributed by atoms with Gasteiger partial charge in [0.2, 0.25) is 5.91 Å². The molecule has 1 aliphatic carbocycles. The number of carbonyl (C=O) groups is 1. The first-order valence-corrected chi connectivity index (χ1v) is 9.04. The summed E-state index contributed by atoms with van der Waals surface area (Å²) in [6, 6.07) is 1.22. The number of guanidine groups is 1. The fraction of sp³-hybridized carbons (Fsp3) is 0.882. The van der Waals surface area contributed by atoms with Gasteiger partial charge in [0.05, 0.1) is 6.54 Å². The Morgan fingerprint density at radius 1 is 1.42 bits per heavy atom. The molecule has 1 aliphatic heterocycles. The molecular weight excluding hydrogens is 417 g/mol. The summed E-state index contributed by atoms with van der Waals surface area (Å²) in [5, 5.41) is 3.41. The predicted octanol–water partition coefficient (Wildman–Crippen LogP) is 1.64. The number of primary amides is 1. The van der Waals surface area contributed by atoms with Crippen LogP contribution < -0.4 is 11.1 Å². The molecule has 2 rings (SSSR count). The van der Waals surface area contributed by atoms with Gasteiger partial charge in [0.15, 0.2) is 5.96 Å². The Hall–Kier alpha value is -0.570. The van der Waals surface area contributed by atoms with Gasteiger partial charge in [-0.2, -0.15) is 0 Å². The van der Waals surface area contributed by atoms with Crippen LogP contribution in [0.2, 0.25) is 0 Å². The van der Waals surface area contributed by atoms with Crippen LogP contribution in [0, 0.1) is 5.92 Å². The Labute approximate surface area is 163 Å². The van der Waals surface area contributed by atoms with Crippen molar-refractivity contribution in [3.05, 3.63) is 0 Å². The molecule has 0 aromatic rings. The van der Waals surface area contributed by atoms with E-state index >= 15 is 0 Å². The Kier molecular flexibility index (Phi) is 9.33. The van der Waals surface area contributed by atoms with Crippen LogP contribution in [0.1, 0.15) is 46.0 Å². The van der Waals surface area contributed by atoms with Gasteiger partial charge in [-0.25, -0.2) is 0 Å². The summed E-state index contributed by atoms with van der Waals surface area (Å²) in [6.07, 6.45) is 5.31. The van der Waals surface area contributed by atoms with Crippen LogP contribution in [-0.4, -0.2) is 67.0 Å². The smallest absolute Gasteiger partial charge is 0.217 e. The molecule has 6 nitrogen and oxygen atoms in total. The second kappa shape index (κ2) is 10.4. The number of nitrogens with two attached hydrogens (primary N) is 1. The number of hydrogen-bond acceptors (Lipinski definition) is 3. The zero-order valence-electron chi connectivity index (χ0n) is 15.3. The first-order valence-electron chi connectivity index (χ1n) is 9.04. The van der Waals surface area contributed by atoms with E-state index in [-0.39, 0.29) is 29.9 Å². The maximum atomic E-state index is 11.2. The molecule has 140 valence electrons. The van der Waals surface area contributed by atoms with E-state index in [1.165, 1.54) is 12.8 Å². The molecule has 24 heavy (non-hydrogen) atoms. The van der Waals surface area contributed by atoms with E-state index in [1.807, 2.05) is 0 Å². The first kappa shape index (κ1) is 21.5. The maximum Gasteiger partial charge on any atom is 0.217 e. The minimum atomic E-state index is -0.196. The van der Waals surface area contributed by atoms with E-state index in [9.17, 15) is 4.79 Å². The molecule has 2 unspecified atom stereocenters. The molecule has 2 fully saturated rings. The Balaban J connectivity index is 0.00000288. The number of carbonyl (C=O) groups excluding carboxylic acids is 1. The van der Waals surface area contributed by atoms with Gasteiger partial charge < -0.3 is 16.0 Å². The Bertz CT molecular complexity index is 427. The van der Waals surface area contributed by atoms with E-state index in [0.29, 0.717) is 18.4 Å². The van der Waals surface area contributed by atoms with E-state index in [1.54, 1.807) is 0 Å². The standard InChI is InChI=1S/C17H33N5O.HI/c1-4-19-17(20-11-13(2)21(3)15-7-8-15)22-9-5-6-14(12-22)10-16(18)23;/h13-15H,4-12H2,1-3H3,(H2,18,23)(H,19,20);1H. The average molecular weight is 451 g/mol. The number of rotatable bonds is 7. The van der Waals surface area contributed by atoms with E-state index in [2.05, 4.69) is 36.0 Å². The number of piperidine rings is 1. The number of likely N-dealkylation sites (tertiary alicyclic amines) is 1. The van der Waals surface area contributed by atoms with Crippen LogP contribution in [-0.2, 0) is 4.79 Å². The lowest BCUT2D eigenvalue weighted by molar-refractivity contribution is -0.119. The number of likely N-dealkylation sites (N-methyl/N-ethyl adjacent to an activating group) is 1. The summed E-state index contributed by atoms with van der Waals surface area (Å²) in [5.41, 5.74) is 5.36. The van der Waals surface area contributed by atoms with Gasteiger partial charge in [-0.3, -0.25) is 14.7 Å². The van der Waals surface area contributed by atoms with E-state index in [0.717, 1.165) is 51.0 Å². The second-order valence-corrected chi connectivity index (χ2v) is 7.06. The summed E-state index contributed by atoms with van der Waals surface area (Å²) >= 11 is 0. The summed E-state index contributed by atoms with van der Waals surface area (Å²) in [6.45, 7) is 7.90. The number of nitrogens with zero attached hydrogens (tertiary/aromatic N) is 3. The molecule has 2 atom stereocenters. The van der Waals surface area contributed by atoms with Crippen LogP contribution in [0.5, 0.6) is 0 Å². The van der Waals surface area contributed by atoms with Gasteiger partial charge in [-0.1, -0.05) is 0 Å². The molecule has 1 saturated heterocycles. The lowest BCUT2D eigenvalue weighted by Crippen LogP contribution is -2.47. The van der Waals surface area contributed by atoms with Crippen molar-refractivity contribution in [2.24, 2.45) is 16.6 Å². The van der Waals surface area contributed by atoms with Gasteiger partial charge in [0.1, 0.15) is 0 Å². The molecule has 0 radical (unpaired) electrons. The number of halogens is 1. The monoisotopic (exact) mass is 451 g/mol. The molecular formula is C17H34IN5O. The lowest BCUT2D eigenvalue weighted by atomic mass is 9.95. The number of aliphatic imine (C=N–C) groups is 1. The minimum absolute atomic E-state index is 0. The number of amides is 1. The van der Waals surface area contributed by atoms with Crippen molar-refractivity contribution in [3.8, 4) is 0 Å². The predicted molar refractivity (Wildman–Crippen MR) is 110 cm³/mol.